The van der Waals surface area contributed by atoms with Gasteiger partial charge in [-0.3, -0.25) is 4.72 Å². The van der Waals surface area contributed by atoms with Gasteiger partial charge in [-0.15, -0.1) is 0 Å². The summed E-state index contributed by atoms with van der Waals surface area (Å²) in [6, 6.07) is 8.46. The van der Waals surface area contributed by atoms with Crippen molar-refractivity contribution in [3.63, 3.8) is 0 Å². The number of anilines is 1. The van der Waals surface area contributed by atoms with E-state index in [2.05, 4.69) is 11.6 Å². The molecule has 0 aliphatic carbocycles. The lowest BCUT2D eigenvalue weighted by atomic mass is 10.0. The molecule has 6 nitrogen and oxygen atoms in total. The van der Waals surface area contributed by atoms with Crippen LogP contribution in [-0.2, 0) is 10.2 Å². The van der Waals surface area contributed by atoms with Gasteiger partial charge in [0.1, 0.15) is 11.8 Å². The van der Waals surface area contributed by atoms with Crippen molar-refractivity contribution in [2.75, 3.05) is 24.4 Å². The molecular formula is C14H19N3O3S. The van der Waals surface area contributed by atoms with Gasteiger partial charge in [-0.05, 0) is 30.9 Å². The third-order valence-corrected chi connectivity index (χ3v) is 5.01. The van der Waals surface area contributed by atoms with E-state index in [-0.39, 0.29) is 6.61 Å². The molecule has 0 aromatic heterocycles. The van der Waals surface area contributed by atoms with Crippen LogP contribution in [0.15, 0.2) is 24.3 Å². The van der Waals surface area contributed by atoms with Crippen molar-refractivity contribution in [3.8, 4) is 11.8 Å². The summed E-state index contributed by atoms with van der Waals surface area (Å²) < 4.78 is 33.8. The first-order chi connectivity index (χ1) is 10.0. The van der Waals surface area contributed by atoms with E-state index in [1.807, 2.05) is 6.07 Å². The SMILES string of the molecule is CC1CCN(S(=O)(=O)Nc2cccc(OCC#N)c2)CC1. The van der Waals surface area contributed by atoms with Crippen LogP contribution >= 0.6 is 0 Å². The molecular weight excluding hydrogens is 290 g/mol. The Morgan fingerprint density at radius 2 is 2.14 bits per heavy atom. The maximum absolute atomic E-state index is 12.3. The first-order valence-electron chi connectivity index (χ1n) is 6.89. The van der Waals surface area contributed by atoms with Crippen molar-refractivity contribution in [2.24, 2.45) is 5.92 Å². The first-order valence-corrected chi connectivity index (χ1v) is 8.33. The zero-order valence-corrected chi connectivity index (χ0v) is 12.8. The smallest absolute Gasteiger partial charge is 0.301 e. The van der Waals surface area contributed by atoms with Crippen molar-refractivity contribution in [2.45, 2.75) is 19.8 Å². The number of hydrogen-bond acceptors (Lipinski definition) is 4. The molecule has 114 valence electrons. The predicted octanol–water partition coefficient (Wildman–Crippen LogP) is 1.98. The van der Waals surface area contributed by atoms with Crippen LogP contribution < -0.4 is 9.46 Å². The molecule has 1 aromatic rings. The second kappa shape index (κ2) is 6.78. The molecule has 0 spiro atoms. The topological polar surface area (TPSA) is 82.4 Å². The molecule has 1 aliphatic heterocycles. The second-order valence-corrected chi connectivity index (χ2v) is 6.83. The molecule has 0 bridgehead atoms. The second-order valence-electron chi connectivity index (χ2n) is 5.16. The Morgan fingerprint density at radius 1 is 1.43 bits per heavy atom. The molecule has 1 aromatic carbocycles. The molecule has 0 unspecified atom stereocenters. The van der Waals surface area contributed by atoms with E-state index < -0.39 is 10.2 Å². The van der Waals surface area contributed by atoms with E-state index in [9.17, 15) is 8.42 Å². The fourth-order valence-corrected chi connectivity index (χ4v) is 3.45. The van der Waals surface area contributed by atoms with Gasteiger partial charge in [-0.25, -0.2) is 0 Å². The van der Waals surface area contributed by atoms with Crippen LogP contribution in [0.2, 0.25) is 0 Å². The summed E-state index contributed by atoms with van der Waals surface area (Å²) in [6.45, 7) is 3.15. The highest BCUT2D eigenvalue weighted by Gasteiger charge is 2.26. The number of ether oxygens (including phenoxy) is 1. The summed E-state index contributed by atoms with van der Waals surface area (Å²) in [5.41, 5.74) is 0.434. The van der Waals surface area contributed by atoms with Crippen LogP contribution in [0.5, 0.6) is 5.75 Å². The summed E-state index contributed by atoms with van der Waals surface area (Å²) in [4.78, 5) is 0. The molecule has 0 amide bonds. The fourth-order valence-electron chi connectivity index (χ4n) is 2.20. The molecule has 1 saturated heterocycles. The number of nitrogens with zero attached hydrogens (tertiary/aromatic N) is 2. The van der Waals surface area contributed by atoms with Gasteiger partial charge in [-0.2, -0.15) is 18.0 Å². The quantitative estimate of drug-likeness (QED) is 0.901. The van der Waals surface area contributed by atoms with Gasteiger partial charge in [0.25, 0.3) is 0 Å². The highest BCUT2D eigenvalue weighted by molar-refractivity contribution is 7.90. The lowest BCUT2D eigenvalue weighted by Gasteiger charge is -2.29. The molecule has 1 heterocycles. The summed E-state index contributed by atoms with van der Waals surface area (Å²) in [6.07, 6.45) is 1.76. The highest BCUT2D eigenvalue weighted by Crippen LogP contribution is 2.22. The minimum Gasteiger partial charge on any atom is -0.479 e. The Hall–Kier alpha value is -1.78. The number of nitriles is 1. The van der Waals surface area contributed by atoms with Crippen molar-refractivity contribution < 1.29 is 13.2 Å². The minimum absolute atomic E-state index is 0.0692. The van der Waals surface area contributed by atoms with Crippen molar-refractivity contribution >= 4 is 15.9 Å². The number of nitrogens with one attached hydrogen (secondary N) is 1. The number of rotatable bonds is 5. The van der Waals surface area contributed by atoms with E-state index in [1.165, 1.54) is 4.31 Å². The maximum Gasteiger partial charge on any atom is 0.301 e. The molecule has 21 heavy (non-hydrogen) atoms. The molecule has 7 heteroatoms. The Labute approximate surface area is 125 Å². The highest BCUT2D eigenvalue weighted by atomic mass is 32.2. The summed E-state index contributed by atoms with van der Waals surface area (Å²) in [5, 5.41) is 8.48. The van der Waals surface area contributed by atoms with E-state index in [4.69, 9.17) is 10.00 Å². The number of benzene rings is 1. The van der Waals surface area contributed by atoms with Crippen molar-refractivity contribution in [1.82, 2.24) is 4.31 Å². The van der Waals surface area contributed by atoms with E-state index in [1.54, 1.807) is 24.3 Å². The standard InChI is InChI=1S/C14H19N3O3S/c1-12-5-8-17(9-6-12)21(18,19)16-13-3-2-4-14(11-13)20-10-7-15/h2-4,11-12,16H,5-6,8-10H2,1H3. The molecule has 0 radical (unpaired) electrons. The maximum atomic E-state index is 12.3. The van der Waals surface area contributed by atoms with E-state index in [0.717, 1.165) is 12.8 Å². The summed E-state index contributed by atoms with van der Waals surface area (Å²) in [7, 11) is -3.53. The van der Waals surface area contributed by atoms with Crippen molar-refractivity contribution in [1.29, 1.82) is 5.26 Å². The summed E-state index contributed by atoms with van der Waals surface area (Å²) in [5.74, 6) is 1.03. The molecule has 0 atom stereocenters. The van der Waals surface area contributed by atoms with Crippen molar-refractivity contribution in [3.05, 3.63) is 24.3 Å². The normalized spacial score (nSPS) is 17.1. The Morgan fingerprint density at radius 3 is 2.81 bits per heavy atom. The minimum atomic E-state index is -3.53. The third-order valence-electron chi connectivity index (χ3n) is 3.47. The first kappa shape index (κ1) is 15.6. The number of hydrogen-bond donors (Lipinski definition) is 1. The van der Waals surface area contributed by atoms with Crippen LogP contribution in [0.4, 0.5) is 5.69 Å². The van der Waals surface area contributed by atoms with Crippen LogP contribution in [0.25, 0.3) is 0 Å². The largest absolute Gasteiger partial charge is 0.479 e. The van der Waals surface area contributed by atoms with Crippen LogP contribution in [0.1, 0.15) is 19.8 Å². The molecule has 1 fully saturated rings. The lowest BCUT2D eigenvalue weighted by Crippen LogP contribution is -2.41. The van der Waals surface area contributed by atoms with E-state index >= 15 is 0 Å². The van der Waals surface area contributed by atoms with Gasteiger partial charge in [-0.1, -0.05) is 13.0 Å². The lowest BCUT2D eigenvalue weighted by molar-refractivity contribution is 0.289. The molecule has 0 saturated carbocycles. The zero-order chi connectivity index (χ0) is 15.3. The van der Waals surface area contributed by atoms with Gasteiger partial charge in [0.2, 0.25) is 0 Å². The number of piperidine rings is 1. The third kappa shape index (κ3) is 4.34. The fraction of sp³-hybridized carbons (Fsp3) is 0.500. The predicted molar refractivity (Wildman–Crippen MR) is 80.1 cm³/mol. The Kier molecular flexibility index (Phi) is 5.04. The van der Waals surface area contributed by atoms with E-state index in [0.29, 0.717) is 30.4 Å². The molecule has 1 N–H and O–H groups in total. The van der Waals surface area contributed by atoms with Gasteiger partial charge in [0.05, 0.1) is 5.69 Å². The molecule has 2 rings (SSSR count). The average Bonchev–Trinajstić information content (AvgIpc) is 2.45. The van der Waals surface area contributed by atoms with Crippen LogP contribution in [0.3, 0.4) is 0 Å². The Bertz CT molecular complexity index is 617. The average molecular weight is 309 g/mol. The summed E-state index contributed by atoms with van der Waals surface area (Å²) >= 11 is 0. The van der Waals surface area contributed by atoms with Gasteiger partial charge in [0.15, 0.2) is 6.61 Å². The van der Waals surface area contributed by atoms with Gasteiger partial charge in [0, 0.05) is 19.2 Å². The Balaban J connectivity index is 2.04. The van der Waals surface area contributed by atoms with Crippen LogP contribution in [-0.4, -0.2) is 32.4 Å². The monoisotopic (exact) mass is 309 g/mol. The van der Waals surface area contributed by atoms with Gasteiger partial charge < -0.3 is 4.74 Å². The van der Waals surface area contributed by atoms with Crippen LogP contribution in [0, 0.1) is 17.2 Å². The zero-order valence-electron chi connectivity index (χ0n) is 11.9. The van der Waals surface area contributed by atoms with Gasteiger partial charge >= 0.3 is 10.2 Å². The molecule has 1 aliphatic rings.